The Kier molecular flexibility index (Phi) is 16.5. The highest BCUT2D eigenvalue weighted by Crippen LogP contribution is 2.26. The molecular formula is C40H46Cl2N2O6S2. The number of benzene rings is 4. The van der Waals surface area contributed by atoms with E-state index in [1.165, 1.54) is 0 Å². The molecular weight excluding hydrogens is 739 g/mol. The van der Waals surface area contributed by atoms with E-state index in [1.807, 2.05) is 97.4 Å². The molecule has 8 nitrogen and oxygen atoms in total. The number of esters is 2. The van der Waals surface area contributed by atoms with Crippen LogP contribution < -0.4 is 9.47 Å². The molecule has 0 bridgehead atoms. The van der Waals surface area contributed by atoms with Crippen LogP contribution in [0.25, 0.3) is 0 Å². The lowest BCUT2D eigenvalue weighted by Gasteiger charge is -2.33. The van der Waals surface area contributed by atoms with Gasteiger partial charge in [0.2, 0.25) is 0 Å². The molecule has 0 saturated carbocycles. The summed E-state index contributed by atoms with van der Waals surface area (Å²) >= 11 is 15.9. The van der Waals surface area contributed by atoms with E-state index in [9.17, 15) is 9.59 Å². The SMILES string of the molecule is CSc1ccc(OCC(Cc2cccc(Cl)c2)C(OC(=O)C(=O)OC(C(COc2ccc(SC)cc2)Cc2cccc(Cl)c2)N(C)C)N(C)C)cc1. The van der Waals surface area contributed by atoms with Crippen molar-refractivity contribution in [3.63, 3.8) is 0 Å². The summed E-state index contributed by atoms with van der Waals surface area (Å²) in [4.78, 5) is 32.9. The quantitative estimate of drug-likeness (QED) is 0.0425. The average Bonchev–Trinajstić information content (AvgIpc) is 3.13. The van der Waals surface area contributed by atoms with Crippen LogP contribution in [-0.4, -0.2) is 88.1 Å². The number of hydrogen-bond acceptors (Lipinski definition) is 10. The molecule has 4 atom stereocenters. The molecule has 0 radical (unpaired) electrons. The standard InChI is InChI=1S/C40H46Cl2N2O6S2/c1-43(2)37(29(21-27-9-7-11-31(41)23-27)25-47-33-13-17-35(51-5)18-14-33)49-39(45)40(46)50-38(44(3)4)30(22-28-10-8-12-32(42)24-28)26-48-34-15-19-36(52-6)20-16-34/h7-20,23-24,29-30,37-38H,21-22,25-26H2,1-6H3. The molecule has 0 aliphatic carbocycles. The first-order chi connectivity index (χ1) is 24.9. The Balaban J connectivity index is 1.53. The molecule has 278 valence electrons. The lowest BCUT2D eigenvalue weighted by molar-refractivity contribution is -0.189. The van der Waals surface area contributed by atoms with E-state index in [2.05, 4.69) is 0 Å². The molecule has 0 aromatic heterocycles. The molecule has 12 heteroatoms. The van der Waals surface area contributed by atoms with Gasteiger partial charge < -0.3 is 18.9 Å². The van der Waals surface area contributed by atoms with Crippen molar-refractivity contribution in [2.45, 2.75) is 35.1 Å². The number of carbonyl (C=O) groups is 2. The molecule has 0 N–H and O–H groups in total. The maximum absolute atomic E-state index is 13.6. The van der Waals surface area contributed by atoms with Gasteiger partial charge in [0, 0.05) is 31.7 Å². The fraction of sp³-hybridized carbons (Fsp3) is 0.350. The van der Waals surface area contributed by atoms with E-state index in [0.29, 0.717) is 34.4 Å². The molecule has 0 fully saturated rings. The van der Waals surface area contributed by atoms with Gasteiger partial charge in [0.1, 0.15) is 11.5 Å². The minimum atomic E-state index is -1.11. The fourth-order valence-corrected chi connectivity index (χ4v) is 6.97. The van der Waals surface area contributed by atoms with E-state index in [4.69, 9.17) is 42.1 Å². The Morgan fingerprint density at radius 1 is 0.596 bits per heavy atom. The number of ether oxygens (including phenoxy) is 4. The molecule has 4 aromatic carbocycles. The predicted octanol–water partition coefficient (Wildman–Crippen LogP) is 8.47. The predicted molar refractivity (Wildman–Crippen MR) is 212 cm³/mol. The van der Waals surface area contributed by atoms with Gasteiger partial charge in [-0.3, -0.25) is 9.80 Å². The van der Waals surface area contributed by atoms with E-state index < -0.39 is 24.4 Å². The molecule has 4 rings (SSSR count). The van der Waals surface area contributed by atoms with Crippen molar-refractivity contribution in [1.82, 2.24) is 9.80 Å². The minimum absolute atomic E-state index is 0.202. The van der Waals surface area contributed by atoms with Crippen LogP contribution in [-0.2, 0) is 31.9 Å². The second kappa shape index (κ2) is 20.8. The normalized spacial score (nSPS) is 13.7. The van der Waals surface area contributed by atoms with Gasteiger partial charge in [-0.15, -0.1) is 23.5 Å². The largest absolute Gasteiger partial charge is 0.493 e. The van der Waals surface area contributed by atoms with E-state index >= 15 is 0 Å². The van der Waals surface area contributed by atoms with Gasteiger partial charge in [-0.2, -0.15) is 0 Å². The average molecular weight is 786 g/mol. The first kappa shape index (κ1) is 41.4. The number of carbonyl (C=O) groups excluding carboxylic acids is 2. The van der Waals surface area contributed by atoms with Gasteiger partial charge in [0.25, 0.3) is 0 Å². The number of halogens is 2. The van der Waals surface area contributed by atoms with Crippen molar-refractivity contribution in [1.29, 1.82) is 0 Å². The summed E-state index contributed by atoms with van der Waals surface area (Å²) in [6.45, 7) is 0.404. The van der Waals surface area contributed by atoms with Crippen LogP contribution in [0.2, 0.25) is 10.0 Å². The smallest absolute Gasteiger partial charge is 0.419 e. The molecule has 52 heavy (non-hydrogen) atoms. The van der Waals surface area contributed by atoms with Gasteiger partial charge >= 0.3 is 11.9 Å². The zero-order valence-corrected chi connectivity index (χ0v) is 33.4. The Morgan fingerprint density at radius 3 is 1.27 bits per heavy atom. The van der Waals surface area contributed by atoms with Crippen molar-refractivity contribution in [3.8, 4) is 11.5 Å². The van der Waals surface area contributed by atoms with Gasteiger partial charge in [0.05, 0.1) is 13.2 Å². The van der Waals surface area contributed by atoms with E-state index in [0.717, 1.165) is 20.9 Å². The number of hydrogen-bond donors (Lipinski definition) is 0. The van der Waals surface area contributed by atoms with Crippen molar-refractivity contribution in [2.24, 2.45) is 11.8 Å². The zero-order chi connectivity index (χ0) is 37.6. The maximum Gasteiger partial charge on any atom is 0.419 e. The lowest BCUT2D eigenvalue weighted by Crippen LogP contribution is -2.47. The van der Waals surface area contributed by atoms with Gasteiger partial charge in [-0.25, -0.2) is 9.59 Å². The van der Waals surface area contributed by atoms with Crippen LogP contribution in [0.15, 0.2) is 107 Å². The highest BCUT2D eigenvalue weighted by atomic mass is 35.5. The Bertz CT molecular complexity index is 1600. The molecule has 4 aromatic rings. The van der Waals surface area contributed by atoms with Crippen molar-refractivity contribution >= 4 is 58.7 Å². The van der Waals surface area contributed by atoms with Gasteiger partial charge in [-0.1, -0.05) is 47.5 Å². The molecule has 0 aliphatic rings. The highest BCUT2D eigenvalue weighted by Gasteiger charge is 2.35. The van der Waals surface area contributed by atoms with Crippen molar-refractivity contribution in [2.75, 3.05) is 53.9 Å². The second-order valence-corrected chi connectivity index (χ2v) is 15.3. The van der Waals surface area contributed by atoms with Crippen LogP contribution in [0.4, 0.5) is 0 Å². The summed E-state index contributed by atoms with van der Waals surface area (Å²) in [5.74, 6) is -1.62. The summed E-state index contributed by atoms with van der Waals surface area (Å²) in [6.07, 6.45) is 3.28. The molecule has 0 aliphatic heterocycles. The van der Waals surface area contributed by atoms with Crippen LogP contribution in [0, 0.1) is 11.8 Å². The Morgan fingerprint density at radius 2 is 0.962 bits per heavy atom. The van der Waals surface area contributed by atoms with Crippen molar-refractivity contribution in [3.05, 3.63) is 118 Å². The highest BCUT2D eigenvalue weighted by molar-refractivity contribution is 7.98. The maximum atomic E-state index is 13.6. The third kappa shape index (κ3) is 12.9. The first-order valence-corrected chi connectivity index (χ1v) is 19.9. The summed E-state index contributed by atoms with van der Waals surface area (Å²) in [5.41, 5.74) is 1.87. The third-order valence-corrected chi connectivity index (χ3v) is 10.2. The summed E-state index contributed by atoms with van der Waals surface area (Å²) in [7, 11) is 7.14. The van der Waals surface area contributed by atoms with E-state index in [1.54, 1.807) is 73.6 Å². The second-order valence-electron chi connectivity index (χ2n) is 12.7. The van der Waals surface area contributed by atoms with Gasteiger partial charge in [-0.05, 0) is 137 Å². The molecule has 0 heterocycles. The minimum Gasteiger partial charge on any atom is -0.493 e. The number of rotatable bonds is 18. The Labute approximate surface area is 326 Å². The lowest BCUT2D eigenvalue weighted by atomic mass is 9.97. The number of thioether (sulfide) groups is 2. The van der Waals surface area contributed by atoms with Crippen LogP contribution >= 0.6 is 46.7 Å². The van der Waals surface area contributed by atoms with Crippen LogP contribution in [0.5, 0.6) is 11.5 Å². The molecule has 0 amide bonds. The van der Waals surface area contributed by atoms with Gasteiger partial charge in [0.15, 0.2) is 12.5 Å². The summed E-state index contributed by atoms with van der Waals surface area (Å²) in [6, 6.07) is 30.5. The zero-order valence-electron chi connectivity index (χ0n) is 30.3. The monoisotopic (exact) mass is 784 g/mol. The molecule has 4 unspecified atom stereocenters. The van der Waals surface area contributed by atoms with Crippen LogP contribution in [0.3, 0.4) is 0 Å². The first-order valence-electron chi connectivity index (χ1n) is 16.7. The third-order valence-electron chi connectivity index (χ3n) is 8.27. The topological polar surface area (TPSA) is 77.5 Å². The number of nitrogens with zero attached hydrogens (tertiary/aromatic N) is 2. The van der Waals surface area contributed by atoms with Crippen molar-refractivity contribution < 1.29 is 28.5 Å². The van der Waals surface area contributed by atoms with E-state index in [-0.39, 0.29) is 25.0 Å². The Hall–Kier alpha value is -3.38. The summed E-state index contributed by atoms with van der Waals surface area (Å²) in [5, 5.41) is 1.18. The fourth-order valence-electron chi connectivity index (χ4n) is 5.73. The molecule has 0 spiro atoms. The summed E-state index contributed by atoms with van der Waals surface area (Å²) < 4.78 is 24.3. The van der Waals surface area contributed by atoms with Crippen LogP contribution in [0.1, 0.15) is 11.1 Å². The molecule has 0 saturated heterocycles.